The quantitative estimate of drug-likeness (QED) is 0.464. The van der Waals surface area contributed by atoms with Gasteiger partial charge >= 0.3 is 6.18 Å². The van der Waals surface area contributed by atoms with Gasteiger partial charge in [0.2, 0.25) is 5.13 Å². The van der Waals surface area contributed by atoms with Crippen LogP contribution in [0.2, 0.25) is 0 Å². The van der Waals surface area contributed by atoms with E-state index >= 15 is 0 Å². The average molecular weight is 365 g/mol. The summed E-state index contributed by atoms with van der Waals surface area (Å²) in [6, 6.07) is 2.93. The number of halogens is 5. The zero-order chi connectivity index (χ0) is 17.7. The Morgan fingerprint density at radius 3 is 2.71 bits per heavy atom. The van der Waals surface area contributed by atoms with E-state index in [9.17, 15) is 22.0 Å². The van der Waals surface area contributed by atoms with Crippen molar-refractivity contribution in [2.45, 2.75) is 19.5 Å². The van der Waals surface area contributed by atoms with E-state index in [-0.39, 0.29) is 5.56 Å². The minimum absolute atomic E-state index is 0.257. The number of anilines is 1. The molecule has 0 aliphatic heterocycles. The molecule has 0 spiro atoms. The van der Waals surface area contributed by atoms with Gasteiger partial charge in [0.15, 0.2) is 0 Å². The SMILES string of the molecule is Cc1csc(NN=Cc2ccc(C(F)(F)F)c(OCC(F)F)c2)n1. The van der Waals surface area contributed by atoms with Gasteiger partial charge in [-0.25, -0.2) is 13.8 Å². The number of rotatable bonds is 6. The van der Waals surface area contributed by atoms with Gasteiger partial charge in [-0.1, -0.05) is 6.07 Å². The lowest BCUT2D eigenvalue weighted by Gasteiger charge is -2.14. The van der Waals surface area contributed by atoms with Crippen LogP contribution in [0.25, 0.3) is 0 Å². The van der Waals surface area contributed by atoms with Crippen LogP contribution in [0.5, 0.6) is 5.75 Å². The van der Waals surface area contributed by atoms with Crippen molar-refractivity contribution >= 4 is 22.7 Å². The Bertz CT molecular complexity index is 715. The number of nitrogens with one attached hydrogen (secondary N) is 1. The Labute approximate surface area is 138 Å². The Balaban J connectivity index is 2.16. The fourth-order valence-electron chi connectivity index (χ4n) is 1.69. The molecule has 0 unspecified atom stereocenters. The van der Waals surface area contributed by atoms with Gasteiger partial charge < -0.3 is 4.74 Å². The summed E-state index contributed by atoms with van der Waals surface area (Å²) in [5.41, 5.74) is 2.56. The Morgan fingerprint density at radius 2 is 2.12 bits per heavy atom. The van der Waals surface area contributed by atoms with Crippen molar-refractivity contribution in [1.82, 2.24) is 4.98 Å². The molecule has 4 nitrogen and oxygen atoms in total. The van der Waals surface area contributed by atoms with E-state index in [1.165, 1.54) is 17.6 Å². The van der Waals surface area contributed by atoms with Crippen LogP contribution in [0.15, 0.2) is 28.7 Å². The minimum atomic E-state index is -4.70. The van der Waals surface area contributed by atoms with E-state index in [1.54, 1.807) is 12.3 Å². The number of hydrogen-bond donors (Lipinski definition) is 1. The zero-order valence-electron chi connectivity index (χ0n) is 12.3. The number of ether oxygens (including phenoxy) is 1. The molecule has 0 saturated heterocycles. The third kappa shape index (κ3) is 5.15. The second-order valence-electron chi connectivity index (χ2n) is 4.62. The van der Waals surface area contributed by atoms with E-state index < -0.39 is 30.5 Å². The topological polar surface area (TPSA) is 46.5 Å². The van der Waals surface area contributed by atoms with Crippen molar-refractivity contribution in [2.24, 2.45) is 5.10 Å². The van der Waals surface area contributed by atoms with Crippen LogP contribution in [0.3, 0.4) is 0 Å². The smallest absolute Gasteiger partial charge is 0.419 e. The van der Waals surface area contributed by atoms with Crippen LogP contribution in [0.1, 0.15) is 16.8 Å². The summed E-state index contributed by atoms with van der Waals surface area (Å²) < 4.78 is 67.5. The van der Waals surface area contributed by atoms with Gasteiger partial charge in [0.05, 0.1) is 17.5 Å². The number of aryl methyl sites for hydroxylation is 1. The lowest BCUT2D eigenvalue weighted by Crippen LogP contribution is -2.13. The van der Waals surface area contributed by atoms with Crippen molar-refractivity contribution < 1.29 is 26.7 Å². The van der Waals surface area contributed by atoms with Crippen molar-refractivity contribution in [3.8, 4) is 5.75 Å². The highest BCUT2D eigenvalue weighted by molar-refractivity contribution is 7.13. The molecule has 0 amide bonds. The molecule has 0 aliphatic carbocycles. The predicted octanol–water partition coefficient (Wildman–Crippen LogP) is 4.56. The molecule has 2 aromatic rings. The van der Waals surface area contributed by atoms with E-state index in [4.69, 9.17) is 0 Å². The van der Waals surface area contributed by atoms with E-state index in [0.717, 1.165) is 23.9 Å². The first-order chi connectivity index (χ1) is 11.3. The number of benzene rings is 1. The van der Waals surface area contributed by atoms with Gasteiger partial charge in [-0.05, 0) is 24.6 Å². The summed E-state index contributed by atoms with van der Waals surface area (Å²) in [5.74, 6) is -0.670. The zero-order valence-corrected chi connectivity index (χ0v) is 13.1. The molecule has 24 heavy (non-hydrogen) atoms. The number of nitrogens with zero attached hydrogens (tertiary/aromatic N) is 2. The van der Waals surface area contributed by atoms with Gasteiger partial charge in [0, 0.05) is 5.38 Å². The molecule has 0 saturated carbocycles. The molecule has 0 aliphatic rings. The van der Waals surface area contributed by atoms with Crippen molar-refractivity contribution in [2.75, 3.05) is 12.0 Å². The fourth-order valence-corrected chi connectivity index (χ4v) is 2.33. The maximum atomic E-state index is 12.9. The summed E-state index contributed by atoms with van der Waals surface area (Å²) in [7, 11) is 0. The molecule has 1 aromatic carbocycles. The molecule has 0 radical (unpaired) electrons. The van der Waals surface area contributed by atoms with Crippen LogP contribution in [-0.4, -0.2) is 24.2 Å². The first-order valence-electron chi connectivity index (χ1n) is 6.59. The van der Waals surface area contributed by atoms with Gasteiger partial charge in [-0.15, -0.1) is 11.3 Å². The van der Waals surface area contributed by atoms with Crippen LogP contribution < -0.4 is 10.2 Å². The number of alkyl halides is 5. The van der Waals surface area contributed by atoms with E-state index in [1.807, 2.05) is 0 Å². The van der Waals surface area contributed by atoms with E-state index in [0.29, 0.717) is 5.13 Å². The second-order valence-corrected chi connectivity index (χ2v) is 5.48. The Morgan fingerprint density at radius 1 is 1.38 bits per heavy atom. The van der Waals surface area contributed by atoms with Gasteiger partial charge in [0.1, 0.15) is 12.4 Å². The van der Waals surface area contributed by atoms with Crippen molar-refractivity contribution in [1.29, 1.82) is 0 Å². The number of hydrogen-bond acceptors (Lipinski definition) is 5. The molecule has 2 rings (SSSR count). The van der Waals surface area contributed by atoms with Crippen molar-refractivity contribution in [3.05, 3.63) is 40.4 Å². The third-order valence-corrected chi connectivity index (χ3v) is 3.53. The van der Waals surface area contributed by atoms with Crippen molar-refractivity contribution in [3.63, 3.8) is 0 Å². The fraction of sp³-hybridized carbons (Fsp3) is 0.286. The van der Waals surface area contributed by atoms with Gasteiger partial charge in [-0.3, -0.25) is 5.43 Å². The lowest BCUT2D eigenvalue weighted by molar-refractivity contribution is -0.139. The van der Waals surface area contributed by atoms with Gasteiger partial charge in [0.25, 0.3) is 6.43 Å². The highest BCUT2D eigenvalue weighted by Crippen LogP contribution is 2.36. The molecule has 0 atom stereocenters. The number of aromatic nitrogens is 1. The molecule has 10 heteroatoms. The highest BCUT2D eigenvalue weighted by Gasteiger charge is 2.34. The Hall–Kier alpha value is -2.23. The summed E-state index contributed by atoms with van der Waals surface area (Å²) in [4.78, 5) is 4.09. The molecule has 1 heterocycles. The molecule has 0 bridgehead atoms. The van der Waals surface area contributed by atoms with Crippen LogP contribution in [-0.2, 0) is 6.18 Å². The van der Waals surface area contributed by atoms with Crippen LogP contribution in [0.4, 0.5) is 27.1 Å². The van der Waals surface area contributed by atoms with Gasteiger partial charge in [-0.2, -0.15) is 18.3 Å². The summed E-state index contributed by atoms with van der Waals surface area (Å²) in [6.45, 7) is 0.675. The highest BCUT2D eigenvalue weighted by atomic mass is 32.1. The maximum Gasteiger partial charge on any atom is 0.419 e. The molecule has 130 valence electrons. The van der Waals surface area contributed by atoms with E-state index in [2.05, 4.69) is 20.2 Å². The first kappa shape index (κ1) is 18.1. The third-order valence-electron chi connectivity index (χ3n) is 2.67. The largest absolute Gasteiger partial charge is 0.487 e. The Kier molecular flexibility index (Phi) is 5.71. The van der Waals surface area contributed by atoms with Crippen LogP contribution in [0, 0.1) is 6.92 Å². The summed E-state index contributed by atoms with van der Waals surface area (Å²) >= 11 is 1.31. The number of thiazole rings is 1. The van der Waals surface area contributed by atoms with Crippen LogP contribution >= 0.6 is 11.3 Å². The summed E-state index contributed by atoms with van der Waals surface area (Å²) in [6.07, 6.45) is -6.34. The minimum Gasteiger partial charge on any atom is -0.487 e. The molecule has 0 fully saturated rings. The molecule has 1 aromatic heterocycles. The number of hydrazone groups is 1. The lowest BCUT2D eigenvalue weighted by atomic mass is 10.1. The average Bonchev–Trinajstić information content (AvgIpc) is 2.89. The predicted molar refractivity (Wildman–Crippen MR) is 81.0 cm³/mol. The summed E-state index contributed by atoms with van der Waals surface area (Å²) in [5, 5.41) is 6.16. The monoisotopic (exact) mass is 365 g/mol. The standard InChI is InChI=1S/C14H12F5N3OS/c1-8-7-24-13(21-8)22-20-5-9-2-3-10(14(17,18)19)11(4-9)23-6-12(15)16/h2-5,7,12H,6H2,1H3,(H,21,22). The molecular formula is C14H12F5N3OS. The normalized spacial score (nSPS) is 12.1. The maximum absolute atomic E-state index is 12.9. The second kappa shape index (κ2) is 7.56. The molecular weight excluding hydrogens is 353 g/mol. The molecule has 1 N–H and O–H groups in total. The first-order valence-corrected chi connectivity index (χ1v) is 7.47.